The van der Waals surface area contributed by atoms with Crippen LogP contribution in [-0.2, 0) is 11.3 Å². The highest BCUT2D eigenvalue weighted by atomic mass is 16.6. The second kappa shape index (κ2) is 8.77. The van der Waals surface area contributed by atoms with Crippen molar-refractivity contribution in [3.05, 3.63) is 47.3 Å². The van der Waals surface area contributed by atoms with Gasteiger partial charge >= 0.3 is 6.09 Å². The molecule has 0 atom stereocenters. The van der Waals surface area contributed by atoms with E-state index in [2.05, 4.69) is 10.1 Å². The molecule has 0 saturated carbocycles. The van der Waals surface area contributed by atoms with Crippen molar-refractivity contribution in [2.45, 2.75) is 46.8 Å². The topological polar surface area (TPSA) is 89.0 Å². The summed E-state index contributed by atoms with van der Waals surface area (Å²) in [5.41, 5.74) is 9.87. The molecule has 30 heavy (non-hydrogen) atoms. The van der Waals surface area contributed by atoms with E-state index < -0.39 is 5.60 Å². The molecule has 0 unspecified atom stereocenters. The monoisotopic (exact) mass is 412 g/mol. The lowest BCUT2D eigenvalue weighted by molar-refractivity contribution is 0.0186. The average molecular weight is 413 g/mol. The van der Waals surface area contributed by atoms with E-state index in [1.165, 1.54) is 0 Å². The highest BCUT2D eigenvalue weighted by Gasteiger charge is 2.26. The Morgan fingerprint density at radius 1 is 1.10 bits per heavy atom. The van der Waals surface area contributed by atoms with Crippen LogP contribution in [0.2, 0.25) is 0 Å². The number of guanidine groups is 1. The average Bonchev–Trinajstić information content (AvgIpc) is 2.99. The summed E-state index contributed by atoms with van der Waals surface area (Å²) in [6, 6.07) is 10.1. The molecule has 8 heteroatoms. The van der Waals surface area contributed by atoms with Gasteiger partial charge in [0.15, 0.2) is 5.96 Å². The number of carbonyl (C=O) groups excluding carboxylic acids is 1. The van der Waals surface area contributed by atoms with Crippen LogP contribution in [0.1, 0.15) is 37.7 Å². The fourth-order valence-electron chi connectivity index (χ4n) is 3.43. The van der Waals surface area contributed by atoms with E-state index in [-0.39, 0.29) is 6.09 Å². The molecule has 1 saturated heterocycles. The zero-order valence-electron chi connectivity index (χ0n) is 18.6. The maximum absolute atomic E-state index is 12.2. The van der Waals surface area contributed by atoms with Crippen LogP contribution in [0.25, 0.3) is 5.69 Å². The third kappa shape index (κ3) is 5.11. The Bertz CT molecular complexity index is 906. The Balaban J connectivity index is 1.61. The first-order chi connectivity index (χ1) is 14.2. The number of nitrogens with zero attached hydrogens (tertiary/aromatic N) is 5. The number of amides is 1. The molecule has 2 heterocycles. The molecule has 0 radical (unpaired) electrons. The molecule has 2 N–H and O–H groups in total. The smallest absolute Gasteiger partial charge is 0.410 e. The second-order valence-electron chi connectivity index (χ2n) is 8.53. The van der Waals surface area contributed by atoms with Crippen molar-refractivity contribution >= 4 is 12.1 Å². The third-order valence-electron chi connectivity index (χ3n) is 5.10. The third-order valence-corrected chi connectivity index (χ3v) is 5.10. The van der Waals surface area contributed by atoms with E-state index in [4.69, 9.17) is 10.5 Å². The van der Waals surface area contributed by atoms with Crippen LogP contribution in [-0.4, -0.2) is 63.4 Å². The van der Waals surface area contributed by atoms with Crippen LogP contribution in [0, 0.1) is 13.8 Å². The Hall–Kier alpha value is -3.03. The molecule has 3 rings (SSSR count). The molecule has 0 aliphatic carbocycles. The molecular formula is C22H32N6O2. The molecular weight excluding hydrogens is 380 g/mol. The Morgan fingerprint density at radius 3 is 2.30 bits per heavy atom. The van der Waals surface area contributed by atoms with E-state index >= 15 is 0 Å². The Morgan fingerprint density at radius 2 is 1.70 bits per heavy atom. The second-order valence-corrected chi connectivity index (χ2v) is 8.53. The predicted molar refractivity (Wildman–Crippen MR) is 118 cm³/mol. The van der Waals surface area contributed by atoms with Crippen molar-refractivity contribution in [2.24, 2.45) is 10.7 Å². The van der Waals surface area contributed by atoms with Crippen molar-refractivity contribution in [1.29, 1.82) is 0 Å². The van der Waals surface area contributed by atoms with Crippen LogP contribution in [0.3, 0.4) is 0 Å². The number of ether oxygens (including phenoxy) is 1. The van der Waals surface area contributed by atoms with Gasteiger partial charge in [-0.1, -0.05) is 18.2 Å². The van der Waals surface area contributed by atoms with Crippen LogP contribution in [0.15, 0.2) is 35.3 Å². The van der Waals surface area contributed by atoms with Gasteiger partial charge in [0.25, 0.3) is 0 Å². The summed E-state index contributed by atoms with van der Waals surface area (Å²) >= 11 is 0. The van der Waals surface area contributed by atoms with Gasteiger partial charge in [-0.25, -0.2) is 14.5 Å². The molecule has 1 aromatic carbocycles. The Kier molecular flexibility index (Phi) is 6.34. The largest absolute Gasteiger partial charge is 0.444 e. The summed E-state index contributed by atoms with van der Waals surface area (Å²) in [5, 5.41) is 4.66. The van der Waals surface area contributed by atoms with Crippen molar-refractivity contribution in [3.8, 4) is 5.69 Å². The number of aromatic nitrogens is 2. The minimum Gasteiger partial charge on any atom is -0.444 e. The number of hydrogen-bond acceptors (Lipinski definition) is 4. The number of rotatable bonds is 3. The summed E-state index contributed by atoms with van der Waals surface area (Å²) in [4.78, 5) is 20.5. The fraction of sp³-hybridized carbons (Fsp3) is 0.500. The number of carbonyl (C=O) groups is 1. The fourth-order valence-corrected chi connectivity index (χ4v) is 3.43. The summed E-state index contributed by atoms with van der Waals surface area (Å²) < 4.78 is 7.38. The number of nitrogens with two attached hydrogens (primary N) is 1. The van der Waals surface area contributed by atoms with Crippen LogP contribution in [0.5, 0.6) is 0 Å². The van der Waals surface area contributed by atoms with Crippen molar-refractivity contribution < 1.29 is 9.53 Å². The van der Waals surface area contributed by atoms with Gasteiger partial charge in [0.1, 0.15) is 5.60 Å². The van der Waals surface area contributed by atoms with Crippen molar-refractivity contribution in [1.82, 2.24) is 19.6 Å². The number of aliphatic imine (C=N–C) groups is 1. The van der Waals surface area contributed by atoms with Crippen LogP contribution < -0.4 is 5.73 Å². The maximum atomic E-state index is 12.2. The lowest BCUT2D eigenvalue weighted by Gasteiger charge is -2.36. The molecule has 0 bridgehead atoms. The number of para-hydroxylation sites is 1. The standard InChI is InChI=1S/C22H32N6O2/c1-16-19(17(2)28(25-16)18-9-7-6-8-10-18)15-24-20(23)26-11-13-27(14-12-26)21(29)30-22(3,4)5/h6-10H,11-15H2,1-5H3,(H2,23,24). The van der Waals surface area contributed by atoms with Gasteiger partial charge in [-0.15, -0.1) is 0 Å². The zero-order valence-corrected chi connectivity index (χ0v) is 18.6. The molecule has 1 aliphatic rings. The highest BCUT2D eigenvalue weighted by molar-refractivity contribution is 5.78. The van der Waals surface area contributed by atoms with E-state index in [9.17, 15) is 4.79 Å². The molecule has 1 amide bonds. The van der Waals surface area contributed by atoms with E-state index in [1.807, 2.05) is 74.5 Å². The maximum Gasteiger partial charge on any atom is 0.410 e. The summed E-state index contributed by atoms with van der Waals surface area (Å²) in [6.07, 6.45) is -0.280. The highest BCUT2D eigenvalue weighted by Crippen LogP contribution is 2.19. The van der Waals surface area contributed by atoms with Gasteiger partial charge in [-0.2, -0.15) is 5.10 Å². The zero-order chi connectivity index (χ0) is 21.9. The lowest BCUT2D eigenvalue weighted by Crippen LogP contribution is -2.53. The summed E-state index contributed by atoms with van der Waals surface area (Å²) in [6.45, 7) is 12.5. The van der Waals surface area contributed by atoms with Gasteiger partial charge < -0.3 is 20.3 Å². The molecule has 2 aromatic rings. The van der Waals surface area contributed by atoms with Gasteiger partial charge in [0, 0.05) is 37.4 Å². The quantitative estimate of drug-likeness (QED) is 0.619. The van der Waals surface area contributed by atoms with E-state index in [1.54, 1.807) is 4.90 Å². The Labute approximate surface area is 178 Å². The van der Waals surface area contributed by atoms with Crippen LogP contribution in [0.4, 0.5) is 4.79 Å². The first kappa shape index (κ1) is 21.7. The summed E-state index contributed by atoms with van der Waals surface area (Å²) in [7, 11) is 0. The number of aryl methyl sites for hydroxylation is 1. The number of hydrogen-bond donors (Lipinski definition) is 1. The molecule has 1 aliphatic heterocycles. The number of piperazine rings is 1. The minimum absolute atomic E-state index is 0.280. The van der Waals surface area contributed by atoms with Crippen LogP contribution >= 0.6 is 0 Å². The first-order valence-electron chi connectivity index (χ1n) is 10.3. The minimum atomic E-state index is -0.491. The predicted octanol–water partition coefficient (Wildman–Crippen LogP) is 2.86. The number of benzene rings is 1. The normalized spacial score (nSPS) is 15.4. The van der Waals surface area contributed by atoms with Gasteiger partial charge in [-0.3, -0.25) is 0 Å². The molecule has 1 aromatic heterocycles. The van der Waals surface area contributed by atoms with Gasteiger partial charge in [0.05, 0.1) is 17.9 Å². The van der Waals surface area contributed by atoms with E-state index in [0.717, 1.165) is 22.6 Å². The molecule has 0 spiro atoms. The SMILES string of the molecule is Cc1nn(-c2ccccc2)c(C)c1CN=C(N)N1CCN(C(=O)OC(C)(C)C)CC1. The van der Waals surface area contributed by atoms with Gasteiger partial charge in [0.2, 0.25) is 0 Å². The molecule has 1 fully saturated rings. The van der Waals surface area contributed by atoms with E-state index in [0.29, 0.717) is 38.7 Å². The molecule has 162 valence electrons. The van der Waals surface area contributed by atoms with Gasteiger partial charge in [-0.05, 0) is 46.8 Å². The van der Waals surface area contributed by atoms with Crippen molar-refractivity contribution in [3.63, 3.8) is 0 Å². The lowest BCUT2D eigenvalue weighted by atomic mass is 10.2. The summed E-state index contributed by atoms with van der Waals surface area (Å²) in [5.74, 6) is 0.491. The molecule has 8 nitrogen and oxygen atoms in total. The first-order valence-corrected chi connectivity index (χ1v) is 10.3. The van der Waals surface area contributed by atoms with Crippen molar-refractivity contribution in [2.75, 3.05) is 26.2 Å².